The van der Waals surface area contributed by atoms with Gasteiger partial charge in [0, 0.05) is 56.6 Å². The normalized spacial score (nSPS) is 12.5. The molecule has 13 rings (SSSR count). The average Bonchev–Trinajstić information content (AvgIpc) is 3.80. The van der Waals surface area contributed by atoms with Crippen molar-refractivity contribution in [3.05, 3.63) is 245 Å². The number of furan rings is 1. The number of para-hydroxylation sites is 1. The minimum atomic E-state index is -0.172. The predicted octanol–water partition coefficient (Wildman–Crippen LogP) is 16.8. The van der Waals surface area contributed by atoms with Gasteiger partial charge in [0.05, 0.1) is 22.4 Å². The number of aryl methyl sites for hydroxylation is 7. The van der Waals surface area contributed by atoms with Crippen molar-refractivity contribution in [2.45, 2.75) is 48.5 Å². The van der Waals surface area contributed by atoms with Gasteiger partial charge in [-0.25, -0.2) is 0 Å². The van der Waals surface area contributed by atoms with Gasteiger partial charge in [-0.05, 0) is 168 Å². The number of hydrogen-bond acceptors (Lipinski definition) is 5. The minimum Gasteiger partial charge on any atom is -0.454 e. The first-order valence-corrected chi connectivity index (χ1v) is 25.4. The fourth-order valence-electron chi connectivity index (χ4n) is 11.3. The molecular weight excluding hydrogens is 888 g/mol. The molecule has 11 aromatic rings. The van der Waals surface area contributed by atoms with Crippen LogP contribution in [0.15, 0.2) is 211 Å². The Morgan fingerprint density at radius 3 is 1.33 bits per heavy atom. The Morgan fingerprint density at radius 1 is 0.370 bits per heavy atom. The van der Waals surface area contributed by atoms with Gasteiger partial charge in [0.15, 0.2) is 5.58 Å². The van der Waals surface area contributed by atoms with Gasteiger partial charge >= 0.3 is 0 Å². The van der Waals surface area contributed by atoms with Gasteiger partial charge in [-0.1, -0.05) is 142 Å². The Morgan fingerprint density at radius 2 is 0.808 bits per heavy atom. The van der Waals surface area contributed by atoms with Crippen LogP contribution in [0.3, 0.4) is 0 Å². The molecule has 0 N–H and O–H groups in total. The molecule has 0 unspecified atom stereocenters. The second-order valence-electron chi connectivity index (χ2n) is 20.4. The number of fused-ring (bicyclic) bond motifs is 8. The lowest BCUT2D eigenvalue weighted by atomic mass is 9.33. The Kier molecular flexibility index (Phi) is 10.4. The zero-order valence-corrected chi connectivity index (χ0v) is 42.4. The zero-order chi connectivity index (χ0) is 49.6. The summed E-state index contributed by atoms with van der Waals surface area (Å²) in [6.07, 6.45) is 0. The van der Waals surface area contributed by atoms with Crippen molar-refractivity contribution in [3.8, 4) is 0 Å². The second kappa shape index (κ2) is 17.2. The maximum Gasteiger partial charge on any atom is 0.252 e. The van der Waals surface area contributed by atoms with Crippen molar-refractivity contribution >= 4 is 113 Å². The molecule has 0 aliphatic carbocycles. The smallest absolute Gasteiger partial charge is 0.252 e. The second-order valence-corrected chi connectivity index (χ2v) is 20.4. The summed E-state index contributed by atoms with van der Waals surface area (Å²) in [4.78, 5) is 9.91. The highest BCUT2D eigenvalue weighted by Gasteiger charge is 2.46. The van der Waals surface area contributed by atoms with Crippen LogP contribution in [0.4, 0.5) is 68.2 Å². The molecule has 0 saturated heterocycles. The fraction of sp³-hybridized carbons (Fsp3) is 0.104. The van der Waals surface area contributed by atoms with Gasteiger partial charge in [-0.3, -0.25) is 0 Å². The molecule has 6 heteroatoms. The van der Waals surface area contributed by atoms with Gasteiger partial charge in [-0.2, -0.15) is 0 Å². The predicted molar refractivity (Wildman–Crippen MR) is 310 cm³/mol. The van der Waals surface area contributed by atoms with Crippen LogP contribution in [0.1, 0.15) is 38.9 Å². The van der Waals surface area contributed by atoms with Gasteiger partial charge < -0.3 is 24.0 Å². The van der Waals surface area contributed by atoms with Crippen LogP contribution in [0.25, 0.3) is 21.9 Å². The summed E-state index contributed by atoms with van der Waals surface area (Å²) in [5, 5.41) is 2.15. The number of nitrogens with zero attached hydrogens (tertiary/aromatic N) is 4. The Bertz CT molecular complexity index is 3830. The summed E-state index contributed by atoms with van der Waals surface area (Å²) in [7, 11) is 0. The van der Waals surface area contributed by atoms with E-state index in [9.17, 15) is 0 Å². The van der Waals surface area contributed by atoms with Gasteiger partial charge in [0.2, 0.25) is 0 Å². The third-order valence-electron chi connectivity index (χ3n) is 15.0. The first kappa shape index (κ1) is 44.2. The summed E-state index contributed by atoms with van der Waals surface area (Å²) < 4.78 is 7.30. The summed E-state index contributed by atoms with van der Waals surface area (Å²) in [5.41, 5.74) is 27.0. The third-order valence-corrected chi connectivity index (χ3v) is 15.0. The summed E-state index contributed by atoms with van der Waals surface area (Å²) >= 11 is 0. The van der Waals surface area contributed by atoms with Gasteiger partial charge in [-0.15, -0.1) is 0 Å². The van der Waals surface area contributed by atoms with Crippen LogP contribution >= 0.6 is 0 Å². The van der Waals surface area contributed by atoms with Crippen molar-refractivity contribution in [1.29, 1.82) is 0 Å². The van der Waals surface area contributed by atoms with Crippen molar-refractivity contribution in [1.82, 2.24) is 0 Å². The van der Waals surface area contributed by atoms with E-state index in [0.29, 0.717) is 0 Å². The van der Waals surface area contributed by atoms with Crippen LogP contribution in [0.5, 0.6) is 0 Å². The fourth-order valence-corrected chi connectivity index (χ4v) is 11.3. The van der Waals surface area contributed by atoms with Crippen molar-refractivity contribution in [3.63, 3.8) is 0 Å². The van der Waals surface area contributed by atoms with E-state index in [-0.39, 0.29) is 6.71 Å². The molecule has 0 bridgehead atoms. The molecule has 0 atom stereocenters. The number of anilines is 12. The molecule has 2 aliphatic heterocycles. The molecule has 2 aliphatic rings. The van der Waals surface area contributed by atoms with Gasteiger partial charge in [0.25, 0.3) is 6.71 Å². The maximum absolute atomic E-state index is 7.30. The number of rotatable bonds is 8. The molecule has 0 amide bonds. The largest absolute Gasteiger partial charge is 0.454 e. The van der Waals surface area contributed by atoms with E-state index in [1.165, 1.54) is 55.3 Å². The molecule has 1 aromatic heterocycles. The van der Waals surface area contributed by atoms with Gasteiger partial charge in [0.1, 0.15) is 5.58 Å². The molecule has 0 fully saturated rings. The first-order valence-electron chi connectivity index (χ1n) is 25.4. The molecule has 0 spiro atoms. The van der Waals surface area contributed by atoms with Crippen LogP contribution in [0, 0.1) is 48.5 Å². The monoisotopic (exact) mass is 942 g/mol. The van der Waals surface area contributed by atoms with E-state index >= 15 is 0 Å². The molecule has 5 nitrogen and oxygen atoms in total. The minimum absolute atomic E-state index is 0.172. The Labute approximate surface area is 428 Å². The lowest BCUT2D eigenvalue weighted by Crippen LogP contribution is -2.61. The molecular formula is C67H55BN4O. The third kappa shape index (κ3) is 7.39. The molecule has 10 aromatic carbocycles. The highest BCUT2D eigenvalue weighted by molar-refractivity contribution is 7.00. The van der Waals surface area contributed by atoms with Crippen LogP contribution in [0.2, 0.25) is 0 Å². The van der Waals surface area contributed by atoms with E-state index in [1.807, 2.05) is 0 Å². The number of benzene rings is 10. The van der Waals surface area contributed by atoms with E-state index in [1.54, 1.807) is 0 Å². The average molecular weight is 943 g/mol. The lowest BCUT2D eigenvalue weighted by Gasteiger charge is -2.45. The van der Waals surface area contributed by atoms with Crippen molar-refractivity contribution in [2.75, 3.05) is 19.6 Å². The van der Waals surface area contributed by atoms with Crippen LogP contribution < -0.4 is 36.0 Å². The molecule has 0 saturated carbocycles. The standard InChI is InChI=1S/C67H55BN4O/c1-42-12-25-49(26-13-42)69(50-27-14-43(2)15-28-50)55-39-60-65-61(40-55)72(54-35-22-47(6)23-36-54)66-58(68(65)57-38-48(7)24-37-59(57)71(60)53-33-20-46(5)21-34-53)41-62(67-64(66)56-10-8-9-11-63(56)73-67)70(51-29-16-44(3)17-30-51)52-31-18-45(4)19-32-52/h8-41H,1-7H3. The Balaban J connectivity index is 1.21. The zero-order valence-electron chi connectivity index (χ0n) is 42.4. The van der Waals surface area contributed by atoms with Crippen LogP contribution in [-0.4, -0.2) is 6.71 Å². The molecule has 0 radical (unpaired) electrons. The quantitative estimate of drug-likeness (QED) is 0.141. The van der Waals surface area contributed by atoms with E-state index in [0.717, 1.165) is 90.2 Å². The van der Waals surface area contributed by atoms with E-state index in [4.69, 9.17) is 4.42 Å². The summed E-state index contributed by atoms with van der Waals surface area (Å²) in [6.45, 7) is 15.0. The summed E-state index contributed by atoms with van der Waals surface area (Å²) in [5.74, 6) is 0. The maximum atomic E-state index is 7.30. The highest BCUT2D eigenvalue weighted by atomic mass is 16.3. The van der Waals surface area contributed by atoms with Crippen LogP contribution in [-0.2, 0) is 0 Å². The van der Waals surface area contributed by atoms with Crippen molar-refractivity contribution < 1.29 is 4.42 Å². The lowest BCUT2D eigenvalue weighted by molar-refractivity contribution is 0.669. The van der Waals surface area contributed by atoms with Crippen molar-refractivity contribution in [2.24, 2.45) is 0 Å². The SMILES string of the molecule is Cc1ccc(N(c2ccc(C)cc2)c2cc3c4c(c2)N(c2ccc(C)cc2)c2c(cc(N(c5ccc(C)cc5)c5ccc(C)cc5)c5oc6ccccc6c25)B4c2cc(C)ccc2N3c2ccc(C)cc2)cc1. The summed E-state index contributed by atoms with van der Waals surface area (Å²) in [6, 6.07) is 76.8. The topological polar surface area (TPSA) is 26.1 Å². The Hall–Kier alpha value is -8.74. The molecule has 352 valence electrons. The first-order chi connectivity index (χ1) is 35.6. The molecule has 73 heavy (non-hydrogen) atoms. The number of hydrogen-bond donors (Lipinski definition) is 0. The molecule has 3 heterocycles. The highest BCUT2D eigenvalue weighted by Crippen LogP contribution is 2.53. The van der Waals surface area contributed by atoms with E-state index in [2.05, 4.69) is 274 Å². The van der Waals surface area contributed by atoms with E-state index < -0.39 is 0 Å².